The van der Waals surface area contributed by atoms with Crippen molar-refractivity contribution in [2.45, 2.75) is 45.1 Å². The molecule has 1 aliphatic carbocycles. The number of aryl methyl sites for hydroxylation is 1. The van der Waals surface area contributed by atoms with E-state index < -0.39 is 0 Å². The first kappa shape index (κ1) is 14.8. The summed E-state index contributed by atoms with van der Waals surface area (Å²) in [7, 11) is 0. The van der Waals surface area contributed by atoms with Crippen LogP contribution in [0.15, 0.2) is 41.8 Å². The summed E-state index contributed by atoms with van der Waals surface area (Å²) in [5.74, 6) is 1.51. The van der Waals surface area contributed by atoms with Crippen molar-refractivity contribution < 1.29 is 0 Å². The fourth-order valence-electron chi connectivity index (χ4n) is 3.32. The predicted octanol–water partition coefficient (Wildman–Crippen LogP) is 5.15. The van der Waals surface area contributed by atoms with Gasteiger partial charge in [0.05, 0.1) is 0 Å². The SMILES string of the molecule is CCCNC(c1sccc1CC)C1CC1c1ccccc1. The minimum atomic E-state index is 0.546. The molecule has 0 bridgehead atoms. The van der Waals surface area contributed by atoms with Gasteiger partial charge in [0.25, 0.3) is 0 Å². The standard InChI is InChI=1S/C19H25NS/c1-3-11-20-18(19-14(4-2)10-12-21-19)17-13-16(17)15-8-6-5-7-9-15/h5-10,12,16-18,20H,3-4,11,13H2,1-2H3. The molecule has 1 N–H and O–H groups in total. The Balaban J connectivity index is 1.78. The van der Waals surface area contributed by atoms with Gasteiger partial charge in [0.2, 0.25) is 0 Å². The van der Waals surface area contributed by atoms with Crippen LogP contribution in [-0.2, 0) is 6.42 Å². The van der Waals surface area contributed by atoms with Gasteiger partial charge in [0.15, 0.2) is 0 Å². The van der Waals surface area contributed by atoms with E-state index >= 15 is 0 Å². The molecule has 21 heavy (non-hydrogen) atoms. The summed E-state index contributed by atoms with van der Waals surface area (Å²) >= 11 is 1.94. The van der Waals surface area contributed by atoms with E-state index in [2.05, 4.69) is 60.9 Å². The van der Waals surface area contributed by atoms with Gasteiger partial charge in [-0.1, -0.05) is 44.2 Å². The molecule has 0 aliphatic heterocycles. The molecule has 1 aliphatic rings. The van der Waals surface area contributed by atoms with Crippen LogP contribution in [0.2, 0.25) is 0 Å². The quantitative estimate of drug-likeness (QED) is 0.745. The van der Waals surface area contributed by atoms with Crippen molar-refractivity contribution >= 4 is 11.3 Å². The Labute approximate surface area is 132 Å². The van der Waals surface area contributed by atoms with Crippen LogP contribution in [0.4, 0.5) is 0 Å². The van der Waals surface area contributed by atoms with Gasteiger partial charge < -0.3 is 5.32 Å². The minimum Gasteiger partial charge on any atom is -0.309 e. The van der Waals surface area contributed by atoms with Gasteiger partial charge in [-0.15, -0.1) is 11.3 Å². The lowest BCUT2D eigenvalue weighted by Crippen LogP contribution is -2.24. The number of nitrogens with one attached hydrogen (secondary N) is 1. The van der Waals surface area contributed by atoms with Gasteiger partial charge in [-0.05, 0) is 60.2 Å². The van der Waals surface area contributed by atoms with Crippen LogP contribution in [0.25, 0.3) is 0 Å². The molecule has 112 valence electrons. The summed E-state index contributed by atoms with van der Waals surface area (Å²) in [6, 6.07) is 13.9. The minimum absolute atomic E-state index is 0.546. The van der Waals surface area contributed by atoms with Gasteiger partial charge in [-0.3, -0.25) is 0 Å². The molecule has 0 saturated heterocycles. The molecule has 1 fully saturated rings. The van der Waals surface area contributed by atoms with Gasteiger partial charge in [-0.25, -0.2) is 0 Å². The Kier molecular flexibility index (Phi) is 4.77. The van der Waals surface area contributed by atoms with E-state index in [9.17, 15) is 0 Å². The van der Waals surface area contributed by atoms with Gasteiger partial charge in [-0.2, -0.15) is 0 Å². The van der Waals surface area contributed by atoms with Crippen molar-refractivity contribution in [1.82, 2.24) is 5.32 Å². The molecule has 1 aromatic carbocycles. The van der Waals surface area contributed by atoms with Crippen molar-refractivity contribution in [2.24, 2.45) is 5.92 Å². The highest BCUT2D eigenvalue weighted by molar-refractivity contribution is 7.10. The van der Waals surface area contributed by atoms with Crippen LogP contribution in [0.3, 0.4) is 0 Å². The number of hydrogen-bond acceptors (Lipinski definition) is 2. The maximum absolute atomic E-state index is 3.82. The molecule has 2 heteroatoms. The molecule has 1 aromatic heterocycles. The lowest BCUT2D eigenvalue weighted by Gasteiger charge is -2.19. The fraction of sp³-hybridized carbons (Fsp3) is 0.474. The number of rotatable bonds is 7. The van der Waals surface area contributed by atoms with E-state index in [4.69, 9.17) is 0 Å². The van der Waals surface area contributed by atoms with E-state index in [1.807, 2.05) is 11.3 Å². The van der Waals surface area contributed by atoms with Crippen LogP contribution in [-0.4, -0.2) is 6.54 Å². The number of thiophene rings is 1. The molecule has 1 saturated carbocycles. The first-order valence-corrected chi connectivity index (χ1v) is 9.07. The lowest BCUT2D eigenvalue weighted by atomic mass is 10.0. The normalized spacial score (nSPS) is 22.2. The zero-order valence-corrected chi connectivity index (χ0v) is 13.8. The third-order valence-electron chi connectivity index (χ3n) is 4.55. The number of benzene rings is 1. The monoisotopic (exact) mass is 299 g/mol. The molecule has 0 spiro atoms. The molecule has 3 unspecified atom stereocenters. The van der Waals surface area contributed by atoms with Crippen molar-refractivity contribution in [2.75, 3.05) is 6.54 Å². The van der Waals surface area contributed by atoms with Crippen molar-refractivity contribution in [3.8, 4) is 0 Å². The van der Waals surface area contributed by atoms with Crippen LogP contribution < -0.4 is 5.32 Å². The first-order valence-electron chi connectivity index (χ1n) is 8.19. The average molecular weight is 299 g/mol. The molecular formula is C19H25NS. The molecular weight excluding hydrogens is 274 g/mol. The maximum Gasteiger partial charge on any atom is 0.0452 e. The van der Waals surface area contributed by atoms with Crippen LogP contribution in [0.5, 0.6) is 0 Å². The highest BCUT2D eigenvalue weighted by Gasteiger charge is 2.44. The molecule has 2 aromatic rings. The lowest BCUT2D eigenvalue weighted by molar-refractivity contribution is 0.477. The topological polar surface area (TPSA) is 12.0 Å². The predicted molar refractivity (Wildman–Crippen MR) is 92.0 cm³/mol. The summed E-state index contributed by atoms with van der Waals surface area (Å²) in [5, 5.41) is 6.08. The Morgan fingerprint density at radius 2 is 2.00 bits per heavy atom. The zero-order chi connectivity index (χ0) is 14.7. The summed E-state index contributed by atoms with van der Waals surface area (Å²) in [5.41, 5.74) is 3.05. The second-order valence-corrected chi connectivity index (χ2v) is 6.96. The first-order chi connectivity index (χ1) is 10.3. The van der Waals surface area contributed by atoms with E-state index in [0.717, 1.165) is 24.8 Å². The molecule has 1 nitrogen and oxygen atoms in total. The van der Waals surface area contributed by atoms with Crippen molar-refractivity contribution in [3.05, 3.63) is 57.8 Å². The third-order valence-corrected chi connectivity index (χ3v) is 5.60. The van der Waals surface area contributed by atoms with Gasteiger partial charge >= 0.3 is 0 Å². The number of hydrogen-bond donors (Lipinski definition) is 1. The van der Waals surface area contributed by atoms with Crippen molar-refractivity contribution in [3.63, 3.8) is 0 Å². The fourth-order valence-corrected chi connectivity index (χ4v) is 4.46. The van der Waals surface area contributed by atoms with E-state index in [0.29, 0.717) is 6.04 Å². The zero-order valence-electron chi connectivity index (χ0n) is 13.0. The smallest absolute Gasteiger partial charge is 0.0452 e. The summed E-state index contributed by atoms with van der Waals surface area (Å²) in [4.78, 5) is 1.58. The maximum atomic E-state index is 3.82. The van der Waals surface area contributed by atoms with Crippen molar-refractivity contribution in [1.29, 1.82) is 0 Å². The highest BCUT2D eigenvalue weighted by atomic mass is 32.1. The molecule has 3 atom stereocenters. The Morgan fingerprint density at radius 1 is 1.19 bits per heavy atom. The summed E-state index contributed by atoms with van der Waals surface area (Å²) in [6.07, 6.45) is 3.67. The van der Waals surface area contributed by atoms with E-state index in [1.165, 1.54) is 24.0 Å². The summed E-state index contributed by atoms with van der Waals surface area (Å²) < 4.78 is 0. The van der Waals surface area contributed by atoms with Gasteiger partial charge in [0.1, 0.15) is 0 Å². The second-order valence-electron chi connectivity index (χ2n) is 6.01. The Hall–Kier alpha value is -1.12. The molecule has 0 amide bonds. The van der Waals surface area contributed by atoms with Crippen LogP contribution >= 0.6 is 11.3 Å². The Bertz CT molecular complexity index is 560. The average Bonchev–Trinajstić information content (AvgIpc) is 3.18. The van der Waals surface area contributed by atoms with Gasteiger partial charge in [0, 0.05) is 10.9 Å². The molecule has 1 heterocycles. The van der Waals surface area contributed by atoms with E-state index in [-0.39, 0.29) is 0 Å². The largest absolute Gasteiger partial charge is 0.309 e. The Morgan fingerprint density at radius 3 is 2.71 bits per heavy atom. The van der Waals surface area contributed by atoms with E-state index in [1.54, 1.807) is 4.88 Å². The van der Waals surface area contributed by atoms with Crippen LogP contribution in [0.1, 0.15) is 54.7 Å². The summed E-state index contributed by atoms with van der Waals surface area (Å²) in [6.45, 7) is 5.63. The second kappa shape index (κ2) is 6.76. The molecule has 3 rings (SSSR count). The third kappa shape index (κ3) is 3.22. The van der Waals surface area contributed by atoms with Crippen LogP contribution in [0, 0.1) is 5.92 Å². The highest BCUT2D eigenvalue weighted by Crippen LogP contribution is 2.55. The molecule has 0 radical (unpaired) electrons.